The Labute approximate surface area is 338 Å². The van der Waals surface area contributed by atoms with E-state index in [1.807, 2.05) is 58.7 Å². The number of amides is 3. The first-order chi connectivity index (χ1) is 27.7. The van der Waals surface area contributed by atoms with Crippen molar-refractivity contribution >= 4 is 39.9 Å². The molecule has 0 radical (unpaired) electrons. The molecule has 14 heteroatoms. The van der Waals surface area contributed by atoms with Crippen LogP contribution in [0.15, 0.2) is 48.7 Å². The molecule has 3 aromatic carbocycles. The molecule has 3 aliphatic heterocycles. The third kappa shape index (κ3) is 7.34. The van der Waals surface area contributed by atoms with E-state index in [4.69, 9.17) is 28.9 Å². The molecule has 0 aliphatic carbocycles. The number of carbonyl (C=O) groups excluding carboxylic acids is 3. The molecule has 58 heavy (non-hydrogen) atoms. The van der Waals surface area contributed by atoms with E-state index in [0.29, 0.717) is 19.8 Å². The molecule has 14 nitrogen and oxygen atoms in total. The Hall–Kier alpha value is -5.63. The minimum atomic E-state index is -0.719. The Morgan fingerprint density at radius 1 is 1.00 bits per heavy atom. The topological polar surface area (TPSA) is 164 Å². The predicted octanol–water partition coefficient (Wildman–Crippen LogP) is 8.04. The van der Waals surface area contributed by atoms with Crippen LogP contribution in [0.5, 0.6) is 5.75 Å². The van der Waals surface area contributed by atoms with Crippen molar-refractivity contribution in [3.8, 4) is 28.1 Å². The summed E-state index contributed by atoms with van der Waals surface area (Å²) in [6.45, 7) is 13.0. The average Bonchev–Trinajstić information content (AvgIpc) is 4.00. The summed E-state index contributed by atoms with van der Waals surface area (Å²) >= 11 is 0. The minimum Gasteiger partial charge on any atom is -0.488 e. The lowest BCUT2D eigenvalue weighted by Crippen LogP contribution is -2.52. The highest BCUT2D eigenvalue weighted by atomic mass is 16.6. The van der Waals surface area contributed by atoms with Gasteiger partial charge in [0, 0.05) is 36.6 Å². The molecule has 5 atom stereocenters. The van der Waals surface area contributed by atoms with Crippen molar-refractivity contribution in [1.29, 1.82) is 0 Å². The molecule has 0 saturated carbocycles. The van der Waals surface area contributed by atoms with Gasteiger partial charge >= 0.3 is 12.2 Å². The number of aromatic amines is 2. The molecule has 2 fully saturated rings. The van der Waals surface area contributed by atoms with Gasteiger partial charge in [0.25, 0.3) is 0 Å². The summed E-state index contributed by atoms with van der Waals surface area (Å²) in [5.74, 6) is 2.13. The fourth-order valence-electron chi connectivity index (χ4n) is 8.84. The van der Waals surface area contributed by atoms with E-state index in [1.165, 1.54) is 7.11 Å². The Morgan fingerprint density at radius 3 is 2.55 bits per heavy atom. The van der Waals surface area contributed by atoms with Gasteiger partial charge in [0.05, 0.1) is 48.7 Å². The summed E-state index contributed by atoms with van der Waals surface area (Å²) in [5.41, 5.74) is 6.08. The third-order valence-corrected chi connectivity index (χ3v) is 11.6. The minimum absolute atomic E-state index is 0.0184. The van der Waals surface area contributed by atoms with Crippen LogP contribution in [0.25, 0.3) is 44.2 Å². The van der Waals surface area contributed by atoms with Gasteiger partial charge in [-0.05, 0) is 99.2 Å². The van der Waals surface area contributed by atoms with Gasteiger partial charge in [-0.25, -0.2) is 19.6 Å². The summed E-state index contributed by atoms with van der Waals surface area (Å²) in [6, 6.07) is 13.4. The predicted molar refractivity (Wildman–Crippen MR) is 219 cm³/mol. The van der Waals surface area contributed by atoms with Gasteiger partial charge in [0.15, 0.2) is 0 Å². The van der Waals surface area contributed by atoms with Crippen LogP contribution < -0.4 is 10.1 Å². The van der Waals surface area contributed by atoms with E-state index in [0.717, 1.165) is 86.4 Å². The Kier molecular flexibility index (Phi) is 10.3. The Morgan fingerprint density at radius 2 is 1.81 bits per heavy atom. The van der Waals surface area contributed by atoms with Gasteiger partial charge in [-0.15, -0.1) is 0 Å². The van der Waals surface area contributed by atoms with Crippen molar-refractivity contribution in [3.63, 3.8) is 0 Å². The number of aromatic nitrogens is 4. The molecule has 5 heterocycles. The second-order valence-corrected chi connectivity index (χ2v) is 17.2. The molecule has 3 aliphatic rings. The lowest BCUT2D eigenvalue weighted by atomic mass is 9.92. The number of nitrogens with zero attached hydrogens (tertiary/aromatic N) is 4. The van der Waals surface area contributed by atoms with E-state index in [9.17, 15) is 14.4 Å². The van der Waals surface area contributed by atoms with Crippen LogP contribution in [0.2, 0.25) is 0 Å². The van der Waals surface area contributed by atoms with Crippen LogP contribution in [0.1, 0.15) is 90.1 Å². The Bertz CT molecular complexity index is 2380. The van der Waals surface area contributed by atoms with E-state index >= 15 is 0 Å². The summed E-state index contributed by atoms with van der Waals surface area (Å²) in [7, 11) is 2.98. The van der Waals surface area contributed by atoms with Gasteiger partial charge in [-0.1, -0.05) is 32.0 Å². The number of likely N-dealkylation sites (tertiary alicyclic amines) is 2. The number of rotatable bonds is 8. The number of benzene rings is 3. The maximum absolute atomic E-state index is 14.0. The molecule has 306 valence electrons. The van der Waals surface area contributed by atoms with Crippen molar-refractivity contribution < 1.29 is 33.3 Å². The Balaban J connectivity index is 1.06. The first kappa shape index (κ1) is 39.2. The highest BCUT2D eigenvalue weighted by Crippen LogP contribution is 2.44. The number of imidazole rings is 2. The molecule has 0 spiro atoms. The SMILES string of the molecule is COC[C@H]1C[C@@H](c2ncc(-c3ccc4c(c3)COc3cc5c(ccc6nc([C@@H]7CC[C@H](C)N7C(=O)C(NC(=O)OC)C(C)C)[nH]c65)cc3-4)[nH]2)N(C(=O)OC(C)(C)C)C1. The van der Waals surface area contributed by atoms with Gasteiger partial charge in [-0.3, -0.25) is 9.69 Å². The zero-order valence-electron chi connectivity index (χ0n) is 34.5. The molecular weight excluding hydrogens is 739 g/mol. The molecule has 3 N–H and O–H groups in total. The van der Waals surface area contributed by atoms with Crippen LogP contribution in [0.4, 0.5) is 9.59 Å². The van der Waals surface area contributed by atoms with E-state index < -0.39 is 17.7 Å². The normalized spacial score (nSPS) is 20.9. The molecule has 2 saturated heterocycles. The summed E-state index contributed by atoms with van der Waals surface area (Å²) in [6.07, 6.45) is 3.15. The average molecular weight is 792 g/mol. The van der Waals surface area contributed by atoms with Crippen molar-refractivity contribution in [1.82, 2.24) is 35.1 Å². The fraction of sp³-hybridized carbons (Fsp3) is 0.477. The first-order valence-electron chi connectivity index (χ1n) is 20.2. The highest BCUT2D eigenvalue weighted by molar-refractivity contribution is 6.07. The molecule has 8 rings (SSSR count). The summed E-state index contributed by atoms with van der Waals surface area (Å²) in [4.78, 5) is 59.8. The number of fused-ring (bicyclic) bond motifs is 6. The third-order valence-electron chi connectivity index (χ3n) is 11.6. The zero-order valence-corrected chi connectivity index (χ0v) is 34.5. The smallest absolute Gasteiger partial charge is 0.410 e. The quantitative estimate of drug-likeness (QED) is 0.141. The first-order valence-corrected chi connectivity index (χ1v) is 20.2. The van der Waals surface area contributed by atoms with Crippen molar-refractivity contribution in [3.05, 3.63) is 65.9 Å². The van der Waals surface area contributed by atoms with Gasteiger partial charge in [-0.2, -0.15) is 0 Å². The molecular formula is C44H53N7O7. The lowest BCUT2D eigenvalue weighted by Gasteiger charge is -2.32. The van der Waals surface area contributed by atoms with Gasteiger partial charge < -0.3 is 39.1 Å². The largest absolute Gasteiger partial charge is 0.488 e. The van der Waals surface area contributed by atoms with Crippen LogP contribution in [-0.4, -0.2) is 92.9 Å². The number of hydrogen-bond donors (Lipinski definition) is 3. The van der Waals surface area contributed by atoms with Crippen LogP contribution >= 0.6 is 0 Å². The standard InChI is InChI=1S/C44H53N7O7/c1-23(2)37(49-42(53)56-8)41(52)51-24(3)9-14-34(51)40-46-32-13-11-26-17-31-29-12-10-27(16-28(29)22-57-36(31)18-30(26)38(32)48-40)33-19-45-39(47-33)35-15-25(21-55-7)20-50(35)43(54)58-44(4,5)6/h10-13,16-19,23-25,34-35,37H,9,14-15,20-22H2,1-8H3,(H,45,47)(H,46,48)(H,49,53)/t24-,25-,34-,35-,37?/m0/s1. The number of ether oxygens (including phenoxy) is 4. The second-order valence-electron chi connectivity index (χ2n) is 17.2. The van der Waals surface area contributed by atoms with Crippen molar-refractivity contribution in [2.45, 2.75) is 97.2 Å². The molecule has 3 amide bonds. The molecule has 0 bridgehead atoms. The van der Waals surface area contributed by atoms with E-state index in [1.54, 1.807) is 12.0 Å². The molecule has 5 aromatic rings. The van der Waals surface area contributed by atoms with Crippen LogP contribution in [-0.2, 0) is 25.6 Å². The van der Waals surface area contributed by atoms with E-state index in [2.05, 4.69) is 51.7 Å². The number of H-pyrrole nitrogens is 2. The highest BCUT2D eigenvalue weighted by Gasteiger charge is 2.42. The second kappa shape index (κ2) is 15.3. The van der Waals surface area contributed by atoms with Crippen LogP contribution in [0.3, 0.4) is 0 Å². The van der Waals surface area contributed by atoms with Crippen molar-refractivity contribution in [2.75, 3.05) is 27.4 Å². The van der Waals surface area contributed by atoms with Crippen molar-refractivity contribution in [2.24, 2.45) is 11.8 Å². The fourth-order valence-corrected chi connectivity index (χ4v) is 8.84. The summed E-state index contributed by atoms with van der Waals surface area (Å²) in [5, 5.41) is 4.76. The molecule has 2 aromatic heterocycles. The summed E-state index contributed by atoms with van der Waals surface area (Å²) < 4.78 is 22.4. The maximum atomic E-state index is 14.0. The van der Waals surface area contributed by atoms with Gasteiger partial charge in [0.1, 0.15) is 35.6 Å². The van der Waals surface area contributed by atoms with E-state index in [-0.39, 0.29) is 42.0 Å². The number of nitrogens with one attached hydrogen (secondary N) is 3. The maximum Gasteiger partial charge on any atom is 0.410 e. The number of carbonyl (C=O) groups is 3. The lowest BCUT2D eigenvalue weighted by molar-refractivity contribution is -0.137. The monoisotopic (exact) mass is 791 g/mol. The number of hydrogen-bond acceptors (Lipinski definition) is 9. The zero-order chi connectivity index (χ0) is 41.0. The van der Waals surface area contributed by atoms with Gasteiger partial charge in [0.2, 0.25) is 5.91 Å². The van der Waals surface area contributed by atoms with Crippen LogP contribution in [0, 0.1) is 11.8 Å². The number of alkyl carbamates (subject to hydrolysis) is 1. The number of methoxy groups -OCH3 is 2. The molecule has 1 unspecified atom stereocenters.